The highest BCUT2D eigenvalue weighted by Gasteiger charge is 2.18. The van der Waals surface area contributed by atoms with Gasteiger partial charge in [0.05, 0.1) is 5.75 Å². The lowest BCUT2D eigenvalue weighted by Gasteiger charge is -2.27. The number of thioether (sulfide) groups is 1. The number of nitrogens with zero attached hydrogens (tertiary/aromatic N) is 1. The highest BCUT2D eigenvalue weighted by atomic mass is 32.2. The van der Waals surface area contributed by atoms with Crippen LogP contribution >= 0.6 is 11.8 Å². The average molecular weight is 307 g/mol. The molecule has 2 aliphatic rings. The summed E-state index contributed by atoms with van der Waals surface area (Å²) in [7, 11) is -3.10. The first-order valence-corrected chi connectivity index (χ1v) is 9.94. The van der Waals surface area contributed by atoms with Gasteiger partial charge in [0.25, 0.3) is 0 Å². The number of piperazine rings is 1. The maximum Gasteiger partial charge on any atom is 0.212 e. The maximum absolute atomic E-state index is 12.0. The van der Waals surface area contributed by atoms with Crippen LogP contribution in [0.1, 0.15) is 12.8 Å². The van der Waals surface area contributed by atoms with Crippen molar-refractivity contribution in [2.45, 2.75) is 12.8 Å². The molecule has 0 aromatic carbocycles. The van der Waals surface area contributed by atoms with Crippen LogP contribution in [-0.4, -0.2) is 69.8 Å². The van der Waals surface area contributed by atoms with Crippen LogP contribution in [0, 0.1) is 5.92 Å². The van der Waals surface area contributed by atoms with Crippen LogP contribution in [0.15, 0.2) is 0 Å². The molecule has 2 fully saturated rings. The van der Waals surface area contributed by atoms with Gasteiger partial charge in [-0.1, -0.05) is 0 Å². The first-order chi connectivity index (χ1) is 9.16. The third kappa shape index (κ3) is 5.99. The van der Waals surface area contributed by atoms with Crippen molar-refractivity contribution in [1.82, 2.24) is 14.9 Å². The Hall–Kier alpha value is 0.180. The van der Waals surface area contributed by atoms with E-state index in [-0.39, 0.29) is 5.75 Å². The van der Waals surface area contributed by atoms with Crippen molar-refractivity contribution in [2.75, 3.05) is 56.5 Å². The SMILES string of the molecule is O=S(=O)(CCN1CCNCC1)NCC1CCSCC1. The van der Waals surface area contributed by atoms with Gasteiger partial charge in [0.15, 0.2) is 0 Å². The Morgan fingerprint density at radius 3 is 2.58 bits per heavy atom. The zero-order chi connectivity index (χ0) is 13.6. The zero-order valence-corrected chi connectivity index (χ0v) is 13.1. The van der Waals surface area contributed by atoms with E-state index < -0.39 is 10.0 Å². The highest BCUT2D eigenvalue weighted by molar-refractivity contribution is 7.99. The molecule has 112 valence electrons. The van der Waals surface area contributed by atoms with Crippen molar-refractivity contribution in [2.24, 2.45) is 5.92 Å². The molecule has 2 heterocycles. The number of hydrogen-bond acceptors (Lipinski definition) is 5. The summed E-state index contributed by atoms with van der Waals surface area (Å²) in [4.78, 5) is 2.22. The molecule has 0 aromatic rings. The van der Waals surface area contributed by atoms with Gasteiger partial charge in [0, 0.05) is 39.3 Å². The lowest BCUT2D eigenvalue weighted by molar-refractivity contribution is 0.253. The number of rotatable bonds is 6. The quantitative estimate of drug-likeness (QED) is 0.721. The van der Waals surface area contributed by atoms with Crippen molar-refractivity contribution in [3.63, 3.8) is 0 Å². The fraction of sp³-hybridized carbons (Fsp3) is 1.00. The number of sulfonamides is 1. The number of hydrogen-bond donors (Lipinski definition) is 2. The first-order valence-electron chi connectivity index (χ1n) is 7.14. The fourth-order valence-electron chi connectivity index (χ4n) is 2.45. The standard InChI is InChI=1S/C12H25N3O2S2/c16-19(17,10-7-15-5-3-13-4-6-15)14-11-12-1-8-18-9-2-12/h12-14H,1-11H2. The van der Waals surface area contributed by atoms with Crippen LogP contribution in [0.4, 0.5) is 0 Å². The van der Waals surface area contributed by atoms with E-state index in [1.165, 1.54) is 11.5 Å². The summed E-state index contributed by atoms with van der Waals surface area (Å²) in [6, 6.07) is 0. The van der Waals surface area contributed by atoms with Gasteiger partial charge in [-0.15, -0.1) is 0 Å². The monoisotopic (exact) mass is 307 g/mol. The molecule has 2 aliphatic heterocycles. The van der Waals surface area contributed by atoms with Crippen LogP contribution in [-0.2, 0) is 10.0 Å². The Balaban J connectivity index is 1.65. The Kier molecular flexibility index (Phi) is 6.41. The van der Waals surface area contributed by atoms with Crippen molar-refractivity contribution >= 4 is 21.8 Å². The molecule has 0 saturated carbocycles. The third-order valence-electron chi connectivity index (χ3n) is 3.82. The zero-order valence-electron chi connectivity index (χ0n) is 11.4. The van der Waals surface area contributed by atoms with Crippen molar-refractivity contribution in [3.05, 3.63) is 0 Å². The average Bonchev–Trinajstić information content (AvgIpc) is 2.46. The molecule has 5 nitrogen and oxygen atoms in total. The lowest BCUT2D eigenvalue weighted by Crippen LogP contribution is -2.46. The minimum atomic E-state index is -3.10. The van der Waals surface area contributed by atoms with Gasteiger partial charge in [0.2, 0.25) is 10.0 Å². The van der Waals surface area contributed by atoms with Crippen LogP contribution in [0.5, 0.6) is 0 Å². The van der Waals surface area contributed by atoms with E-state index in [1.54, 1.807) is 0 Å². The molecule has 19 heavy (non-hydrogen) atoms. The normalized spacial score (nSPS) is 23.6. The Morgan fingerprint density at radius 1 is 1.21 bits per heavy atom. The molecule has 0 aliphatic carbocycles. The van der Waals surface area contributed by atoms with Crippen molar-refractivity contribution in [1.29, 1.82) is 0 Å². The molecule has 0 atom stereocenters. The summed E-state index contributed by atoms with van der Waals surface area (Å²) in [5, 5.41) is 3.27. The van der Waals surface area contributed by atoms with Crippen LogP contribution in [0.25, 0.3) is 0 Å². The molecular weight excluding hydrogens is 282 g/mol. The third-order valence-corrected chi connectivity index (χ3v) is 6.19. The summed E-state index contributed by atoms with van der Waals surface area (Å²) in [6.45, 7) is 5.12. The molecule has 0 amide bonds. The van der Waals surface area contributed by atoms with Gasteiger partial charge < -0.3 is 5.32 Å². The topological polar surface area (TPSA) is 61.4 Å². The maximum atomic E-state index is 12.0. The largest absolute Gasteiger partial charge is 0.314 e. The van der Waals surface area contributed by atoms with E-state index in [9.17, 15) is 8.42 Å². The predicted octanol–water partition coefficient (Wildman–Crippen LogP) is -0.0458. The van der Waals surface area contributed by atoms with Gasteiger partial charge in [0.1, 0.15) is 0 Å². The predicted molar refractivity (Wildman–Crippen MR) is 81.1 cm³/mol. The minimum absolute atomic E-state index is 0.231. The second-order valence-corrected chi connectivity index (χ2v) is 8.47. The molecule has 0 radical (unpaired) electrons. The second-order valence-electron chi connectivity index (χ2n) is 5.31. The minimum Gasteiger partial charge on any atom is -0.314 e. The van der Waals surface area contributed by atoms with Crippen LogP contribution in [0.2, 0.25) is 0 Å². The van der Waals surface area contributed by atoms with Crippen LogP contribution in [0.3, 0.4) is 0 Å². The molecule has 2 N–H and O–H groups in total. The summed E-state index contributed by atoms with van der Waals surface area (Å²) in [5.74, 6) is 3.12. The van der Waals surface area contributed by atoms with E-state index in [0.29, 0.717) is 19.0 Å². The summed E-state index contributed by atoms with van der Waals surface area (Å²) < 4.78 is 26.7. The molecule has 2 rings (SSSR count). The molecule has 0 spiro atoms. The molecule has 0 aromatic heterocycles. The molecule has 7 heteroatoms. The van der Waals surface area contributed by atoms with E-state index in [1.807, 2.05) is 11.8 Å². The summed E-state index contributed by atoms with van der Waals surface area (Å²) >= 11 is 1.97. The van der Waals surface area contributed by atoms with E-state index >= 15 is 0 Å². The highest BCUT2D eigenvalue weighted by Crippen LogP contribution is 2.21. The van der Waals surface area contributed by atoms with Gasteiger partial charge in [-0.05, 0) is 30.3 Å². The summed E-state index contributed by atoms with van der Waals surface area (Å²) in [6.07, 6.45) is 2.29. The Labute approximate surface area is 120 Å². The van der Waals surface area contributed by atoms with Crippen molar-refractivity contribution in [3.8, 4) is 0 Å². The Bertz CT molecular complexity index is 322. The van der Waals surface area contributed by atoms with E-state index in [4.69, 9.17) is 0 Å². The Morgan fingerprint density at radius 2 is 1.89 bits per heavy atom. The van der Waals surface area contributed by atoms with Gasteiger partial charge in [-0.2, -0.15) is 11.8 Å². The fourth-order valence-corrected chi connectivity index (χ4v) is 4.79. The molecule has 0 unspecified atom stereocenters. The lowest BCUT2D eigenvalue weighted by atomic mass is 10.0. The summed E-state index contributed by atoms with van der Waals surface area (Å²) in [5.41, 5.74) is 0. The molecular formula is C12H25N3O2S2. The first kappa shape index (κ1) is 15.6. The van der Waals surface area contributed by atoms with Gasteiger partial charge in [-0.25, -0.2) is 13.1 Å². The van der Waals surface area contributed by atoms with Gasteiger partial charge in [-0.3, -0.25) is 4.90 Å². The van der Waals surface area contributed by atoms with Crippen LogP contribution < -0.4 is 10.0 Å². The van der Waals surface area contributed by atoms with Crippen molar-refractivity contribution < 1.29 is 8.42 Å². The van der Waals surface area contributed by atoms with E-state index in [0.717, 1.165) is 39.0 Å². The second kappa shape index (κ2) is 7.83. The smallest absolute Gasteiger partial charge is 0.212 e. The van der Waals surface area contributed by atoms with Gasteiger partial charge >= 0.3 is 0 Å². The molecule has 0 bridgehead atoms. The van der Waals surface area contributed by atoms with E-state index in [2.05, 4.69) is 14.9 Å². The molecule has 2 saturated heterocycles. The number of nitrogens with one attached hydrogen (secondary N) is 2.